The quantitative estimate of drug-likeness (QED) is 0.419. The van der Waals surface area contributed by atoms with E-state index in [-0.39, 0.29) is 17.6 Å². The van der Waals surface area contributed by atoms with Gasteiger partial charge in [-0.2, -0.15) is 0 Å². The Kier molecular flexibility index (Phi) is 5.95. The molecule has 0 bridgehead atoms. The van der Waals surface area contributed by atoms with Crippen LogP contribution < -0.4 is 0 Å². The number of rotatable bonds is 8. The molecule has 0 aliphatic rings. The zero-order valence-electron chi connectivity index (χ0n) is 15.2. The number of carbonyl (C=O) groups excluding carboxylic acids is 1. The SMILES string of the molecule is COCC(C)n1c(C)cc(C(=O)CSc2nnc(-c3cccs3)o2)c1C. The Morgan fingerprint density at radius 2 is 2.23 bits per heavy atom. The number of aromatic nitrogens is 3. The molecule has 0 amide bonds. The van der Waals surface area contributed by atoms with Crippen molar-refractivity contribution in [3.63, 3.8) is 0 Å². The number of thioether (sulfide) groups is 1. The number of carbonyl (C=O) groups is 1. The summed E-state index contributed by atoms with van der Waals surface area (Å²) in [5.74, 6) is 0.797. The molecule has 0 aromatic carbocycles. The van der Waals surface area contributed by atoms with Gasteiger partial charge >= 0.3 is 0 Å². The number of nitrogens with zero attached hydrogens (tertiary/aromatic N) is 3. The van der Waals surface area contributed by atoms with Gasteiger partial charge in [0.25, 0.3) is 11.1 Å². The molecule has 3 aromatic heterocycles. The highest BCUT2D eigenvalue weighted by molar-refractivity contribution is 7.99. The molecule has 0 spiro atoms. The third kappa shape index (κ3) is 3.92. The van der Waals surface area contributed by atoms with Gasteiger partial charge in [0, 0.05) is 24.1 Å². The summed E-state index contributed by atoms with van der Waals surface area (Å²) in [4.78, 5) is 13.6. The van der Waals surface area contributed by atoms with E-state index in [1.165, 1.54) is 23.1 Å². The Morgan fingerprint density at radius 1 is 1.42 bits per heavy atom. The fraction of sp³-hybridized carbons (Fsp3) is 0.389. The minimum Gasteiger partial charge on any atom is -0.410 e. The van der Waals surface area contributed by atoms with Crippen LogP contribution >= 0.6 is 23.1 Å². The van der Waals surface area contributed by atoms with Crippen LogP contribution in [0.5, 0.6) is 0 Å². The minimum atomic E-state index is 0.0508. The zero-order valence-corrected chi connectivity index (χ0v) is 16.8. The second kappa shape index (κ2) is 8.20. The summed E-state index contributed by atoms with van der Waals surface area (Å²) in [7, 11) is 1.68. The van der Waals surface area contributed by atoms with Crippen molar-refractivity contribution >= 4 is 28.9 Å². The van der Waals surface area contributed by atoms with Crippen LogP contribution in [0.1, 0.15) is 34.7 Å². The second-order valence-corrected chi connectivity index (χ2v) is 7.90. The molecule has 0 saturated carbocycles. The molecule has 138 valence electrons. The van der Waals surface area contributed by atoms with Crippen LogP contribution in [0.4, 0.5) is 0 Å². The summed E-state index contributed by atoms with van der Waals surface area (Å²) >= 11 is 2.80. The highest BCUT2D eigenvalue weighted by atomic mass is 32.2. The summed E-state index contributed by atoms with van der Waals surface area (Å²) in [6.45, 7) is 6.66. The van der Waals surface area contributed by atoms with E-state index in [1.807, 2.05) is 37.4 Å². The fourth-order valence-corrected chi connectivity index (χ4v) is 4.32. The highest BCUT2D eigenvalue weighted by Gasteiger charge is 2.20. The molecule has 26 heavy (non-hydrogen) atoms. The van der Waals surface area contributed by atoms with Gasteiger partial charge in [0.2, 0.25) is 0 Å². The van der Waals surface area contributed by atoms with Crippen molar-refractivity contribution in [2.45, 2.75) is 32.0 Å². The lowest BCUT2D eigenvalue weighted by molar-refractivity contribution is 0.102. The van der Waals surface area contributed by atoms with Gasteiger partial charge in [0.05, 0.1) is 23.3 Å². The van der Waals surface area contributed by atoms with Crippen molar-refractivity contribution in [1.29, 1.82) is 0 Å². The minimum absolute atomic E-state index is 0.0508. The van der Waals surface area contributed by atoms with E-state index >= 15 is 0 Å². The normalized spacial score (nSPS) is 12.5. The Bertz CT molecular complexity index is 884. The summed E-state index contributed by atoms with van der Waals surface area (Å²) in [6, 6.07) is 5.97. The fourth-order valence-electron chi connectivity index (χ4n) is 3.03. The lowest BCUT2D eigenvalue weighted by atomic mass is 10.2. The van der Waals surface area contributed by atoms with Gasteiger partial charge in [-0.25, -0.2) is 0 Å². The molecule has 3 rings (SSSR count). The van der Waals surface area contributed by atoms with Crippen LogP contribution in [0.2, 0.25) is 0 Å². The number of hydrogen-bond donors (Lipinski definition) is 0. The maximum atomic E-state index is 12.7. The van der Waals surface area contributed by atoms with E-state index in [0.717, 1.165) is 21.8 Å². The highest BCUT2D eigenvalue weighted by Crippen LogP contribution is 2.28. The Morgan fingerprint density at radius 3 is 2.92 bits per heavy atom. The molecule has 8 heteroatoms. The third-order valence-corrected chi connectivity index (χ3v) is 5.77. The monoisotopic (exact) mass is 391 g/mol. The summed E-state index contributed by atoms with van der Waals surface area (Å²) < 4.78 is 13.0. The molecule has 3 heterocycles. The van der Waals surface area contributed by atoms with Crippen LogP contribution in [0, 0.1) is 13.8 Å². The number of hydrogen-bond acceptors (Lipinski definition) is 7. The van der Waals surface area contributed by atoms with Crippen molar-refractivity contribution in [2.24, 2.45) is 0 Å². The Balaban J connectivity index is 1.68. The average molecular weight is 392 g/mol. The number of methoxy groups -OCH3 is 1. The van der Waals surface area contributed by atoms with Crippen LogP contribution in [0.3, 0.4) is 0 Å². The maximum Gasteiger partial charge on any atom is 0.277 e. The smallest absolute Gasteiger partial charge is 0.277 e. The van der Waals surface area contributed by atoms with Gasteiger partial charge in [0.15, 0.2) is 5.78 Å². The van der Waals surface area contributed by atoms with E-state index in [0.29, 0.717) is 17.7 Å². The first-order valence-corrected chi connectivity index (χ1v) is 10.1. The number of Topliss-reactive ketones (excluding diaryl/α,β-unsaturated/α-hetero) is 1. The van der Waals surface area contributed by atoms with Crippen molar-refractivity contribution in [3.05, 3.63) is 40.5 Å². The first-order chi connectivity index (χ1) is 12.5. The van der Waals surface area contributed by atoms with E-state index in [1.54, 1.807) is 7.11 Å². The van der Waals surface area contributed by atoms with Crippen LogP contribution in [-0.4, -0.2) is 40.0 Å². The Labute approximate surface area is 160 Å². The first kappa shape index (κ1) is 18.9. The standard InChI is InChI=1S/C18H21N3O3S2/c1-11-8-14(13(3)21(11)12(2)9-23-4)15(22)10-26-18-20-19-17(24-18)16-6-5-7-25-16/h5-8,12H,9-10H2,1-4H3. The Hall–Kier alpha value is -1.90. The van der Waals surface area contributed by atoms with Crippen molar-refractivity contribution in [1.82, 2.24) is 14.8 Å². The van der Waals surface area contributed by atoms with E-state index in [9.17, 15) is 4.79 Å². The van der Waals surface area contributed by atoms with Gasteiger partial charge in [0.1, 0.15) is 0 Å². The molecule has 0 saturated heterocycles. The van der Waals surface area contributed by atoms with Crippen molar-refractivity contribution < 1.29 is 13.9 Å². The van der Waals surface area contributed by atoms with E-state index < -0.39 is 0 Å². The van der Waals surface area contributed by atoms with Gasteiger partial charge in [-0.15, -0.1) is 21.5 Å². The largest absolute Gasteiger partial charge is 0.410 e. The average Bonchev–Trinajstić information content (AvgIpc) is 3.32. The van der Waals surface area contributed by atoms with Crippen LogP contribution in [0.15, 0.2) is 33.2 Å². The van der Waals surface area contributed by atoms with Crippen LogP contribution in [0.25, 0.3) is 10.8 Å². The lowest BCUT2D eigenvalue weighted by Crippen LogP contribution is -2.14. The molecule has 1 atom stereocenters. The van der Waals surface area contributed by atoms with Crippen molar-refractivity contribution in [3.8, 4) is 10.8 Å². The topological polar surface area (TPSA) is 70.2 Å². The molecular weight excluding hydrogens is 370 g/mol. The van der Waals surface area contributed by atoms with Crippen molar-refractivity contribution in [2.75, 3.05) is 19.5 Å². The number of aryl methyl sites for hydroxylation is 1. The van der Waals surface area contributed by atoms with E-state index in [2.05, 4.69) is 21.7 Å². The third-order valence-electron chi connectivity index (χ3n) is 4.10. The summed E-state index contributed by atoms with van der Waals surface area (Å²) in [6.07, 6.45) is 0. The first-order valence-electron chi connectivity index (χ1n) is 8.22. The van der Waals surface area contributed by atoms with Crippen LogP contribution in [-0.2, 0) is 4.74 Å². The second-order valence-electron chi connectivity index (χ2n) is 6.02. The number of thiophene rings is 1. The molecule has 3 aromatic rings. The summed E-state index contributed by atoms with van der Waals surface area (Å²) in [5, 5.41) is 10.4. The van der Waals surface area contributed by atoms with Gasteiger partial charge in [-0.1, -0.05) is 17.8 Å². The maximum absolute atomic E-state index is 12.7. The summed E-state index contributed by atoms with van der Waals surface area (Å²) in [5.41, 5.74) is 2.75. The molecule has 0 aliphatic carbocycles. The lowest BCUT2D eigenvalue weighted by Gasteiger charge is -2.17. The number of ether oxygens (including phenoxy) is 1. The van der Waals surface area contributed by atoms with E-state index in [4.69, 9.17) is 9.15 Å². The van der Waals surface area contributed by atoms with Gasteiger partial charge in [-0.3, -0.25) is 4.79 Å². The molecule has 0 fully saturated rings. The molecule has 0 aliphatic heterocycles. The number of ketones is 1. The van der Waals surface area contributed by atoms with Gasteiger partial charge in [-0.05, 0) is 38.3 Å². The molecule has 0 radical (unpaired) electrons. The predicted molar refractivity (Wildman–Crippen MR) is 103 cm³/mol. The molecular formula is C18H21N3O3S2. The molecule has 0 N–H and O–H groups in total. The molecule has 1 unspecified atom stereocenters. The molecule has 6 nitrogen and oxygen atoms in total. The van der Waals surface area contributed by atoms with Gasteiger partial charge < -0.3 is 13.7 Å². The predicted octanol–water partition coefficient (Wildman–Crippen LogP) is 4.40. The zero-order chi connectivity index (χ0) is 18.7.